The predicted molar refractivity (Wildman–Crippen MR) is 99.1 cm³/mol. The predicted octanol–water partition coefficient (Wildman–Crippen LogP) is 2.27. The number of anilines is 1. The number of carbonyl (C=O) groups is 3. The monoisotopic (exact) mass is 375 g/mol. The van der Waals surface area contributed by atoms with Crippen LogP contribution in [0.1, 0.15) is 15.9 Å². The van der Waals surface area contributed by atoms with Gasteiger partial charge in [-0.15, -0.1) is 11.8 Å². The van der Waals surface area contributed by atoms with Crippen molar-refractivity contribution in [1.82, 2.24) is 10.9 Å². The molecule has 0 bridgehead atoms. The number of thioether (sulfide) groups is 1. The highest BCUT2D eigenvalue weighted by atomic mass is 32.2. The van der Waals surface area contributed by atoms with Gasteiger partial charge in [0.25, 0.3) is 5.91 Å². The second kappa shape index (κ2) is 9.57. The summed E-state index contributed by atoms with van der Waals surface area (Å²) in [5, 5.41) is 2.72. The lowest BCUT2D eigenvalue weighted by atomic mass is 10.2. The van der Waals surface area contributed by atoms with Crippen molar-refractivity contribution >= 4 is 35.2 Å². The molecule has 136 valence electrons. The first-order chi connectivity index (χ1) is 12.5. The molecule has 2 rings (SSSR count). The molecule has 6 nitrogen and oxygen atoms in total. The van der Waals surface area contributed by atoms with Crippen LogP contribution in [0.4, 0.5) is 10.1 Å². The number of benzene rings is 2. The van der Waals surface area contributed by atoms with Gasteiger partial charge in [-0.1, -0.05) is 29.8 Å². The highest BCUT2D eigenvalue weighted by molar-refractivity contribution is 8.00. The Morgan fingerprint density at radius 3 is 2.27 bits per heavy atom. The number of carbonyl (C=O) groups excluding carboxylic acids is 3. The van der Waals surface area contributed by atoms with Crippen LogP contribution in [-0.4, -0.2) is 29.2 Å². The van der Waals surface area contributed by atoms with Crippen molar-refractivity contribution in [2.75, 3.05) is 16.8 Å². The average Bonchev–Trinajstić information content (AvgIpc) is 2.62. The van der Waals surface area contributed by atoms with E-state index in [0.717, 1.165) is 23.4 Å². The van der Waals surface area contributed by atoms with E-state index in [0.29, 0.717) is 5.69 Å². The zero-order valence-electron chi connectivity index (χ0n) is 14.0. The molecule has 0 fully saturated rings. The molecule has 0 heterocycles. The summed E-state index contributed by atoms with van der Waals surface area (Å²) in [5.74, 6) is -2.11. The first-order valence-electron chi connectivity index (χ1n) is 7.73. The summed E-state index contributed by atoms with van der Waals surface area (Å²) in [6, 6.07) is 12.8. The highest BCUT2D eigenvalue weighted by Crippen LogP contribution is 2.10. The number of hydrogen-bond acceptors (Lipinski definition) is 4. The molecule has 0 aliphatic carbocycles. The molecule has 8 heteroatoms. The zero-order valence-corrected chi connectivity index (χ0v) is 14.9. The number of hydrogen-bond donors (Lipinski definition) is 3. The normalized spacial score (nSPS) is 10.1. The molecule has 0 spiro atoms. The topological polar surface area (TPSA) is 87.3 Å². The fourth-order valence-electron chi connectivity index (χ4n) is 1.95. The van der Waals surface area contributed by atoms with E-state index in [4.69, 9.17) is 0 Å². The Morgan fingerprint density at radius 1 is 0.923 bits per heavy atom. The lowest BCUT2D eigenvalue weighted by Gasteiger charge is -2.08. The minimum absolute atomic E-state index is 0.0289. The second-order valence-electron chi connectivity index (χ2n) is 5.39. The van der Waals surface area contributed by atoms with Gasteiger partial charge in [-0.3, -0.25) is 25.2 Å². The van der Waals surface area contributed by atoms with Crippen LogP contribution in [0.25, 0.3) is 0 Å². The van der Waals surface area contributed by atoms with Crippen LogP contribution in [0.3, 0.4) is 0 Å². The SMILES string of the molecule is Cc1ccc(NC(=O)CSCC(=O)NNC(=O)c2ccccc2F)cc1. The number of nitrogens with one attached hydrogen (secondary N) is 3. The number of hydrazine groups is 1. The van der Waals surface area contributed by atoms with Gasteiger partial charge in [0, 0.05) is 5.69 Å². The van der Waals surface area contributed by atoms with E-state index in [-0.39, 0.29) is 23.0 Å². The molecule has 0 saturated heterocycles. The molecular weight excluding hydrogens is 357 g/mol. The number of halogens is 1. The molecule has 26 heavy (non-hydrogen) atoms. The van der Waals surface area contributed by atoms with E-state index >= 15 is 0 Å². The Bertz CT molecular complexity index is 797. The number of rotatable bonds is 6. The molecule has 0 unspecified atom stereocenters. The Balaban J connectivity index is 1.67. The van der Waals surface area contributed by atoms with E-state index in [1.54, 1.807) is 12.1 Å². The fraction of sp³-hybridized carbons (Fsp3) is 0.167. The van der Waals surface area contributed by atoms with Crippen molar-refractivity contribution in [2.45, 2.75) is 6.92 Å². The molecule has 2 aromatic carbocycles. The van der Waals surface area contributed by atoms with Gasteiger partial charge in [0.1, 0.15) is 5.82 Å². The third kappa shape index (κ3) is 6.21. The van der Waals surface area contributed by atoms with Crippen LogP contribution >= 0.6 is 11.8 Å². The van der Waals surface area contributed by atoms with E-state index in [1.165, 1.54) is 18.2 Å². The summed E-state index contributed by atoms with van der Waals surface area (Å²) in [6.07, 6.45) is 0. The van der Waals surface area contributed by atoms with Gasteiger partial charge in [-0.2, -0.15) is 0 Å². The minimum atomic E-state index is -0.751. The first kappa shape index (κ1) is 19.5. The minimum Gasteiger partial charge on any atom is -0.325 e. The van der Waals surface area contributed by atoms with Crippen LogP contribution in [0.15, 0.2) is 48.5 Å². The second-order valence-corrected chi connectivity index (χ2v) is 6.37. The molecule has 0 aliphatic heterocycles. The van der Waals surface area contributed by atoms with Crippen molar-refractivity contribution in [3.63, 3.8) is 0 Å². The smallest absolute Gasteiger partial charge is 0.272 e. The zero-order chi connectivity index (χ0) is 18.9. The molecule has 0 atom stereocenters. The third-order valence-corrected chi connectivity index (χ3v) is 4.17. The van der Waals surface area contributed by atoms with E-state index in [9.17, 15) is 18.8 Å². The maximum atomic E-state index is 13.4. The summed E-state index contributed by atoms with van der Waals surface area (Å²) in [4.78, 5) is 35.2. The molecule has 0 radical (unpaired) electrons. The summed E-state index contributed by atoms with van der Waals surface area (Å²) >= 11 is 1.09. The van der Waals surface area contributed by atoms with Gasteiger partial charge in [-0.25, -0.2) is 4.39 Å². The molecule has 0 aliphatic rings. The van der Waals surface area contributed by atoms with Crippen LogP contribution in [0.2, 0.25) is 0 Å². The Labute approximate surface area is 154 Å². The maximum absolute atomic E-state index is 13.4. The van der Waals surface area contributed by atoms with Crippen LogP contribution in [0, 0.1) is 12.7 Å². The Kier molecular flexibility index (Phi) is 7.16. The van der Waals surface area contributed by atoms with E-state index in [2.05, 4.69) is 16.2 Å². The van der Waals surface area contributed by atoms with Gasteiger partial charge in [-0.05, 0) is 31.2 Å². The third-order valence-electron chi connectivity index (χ3n) is 3.24. The van der Waals surface area contributed by atoms with Gasteiger partial charge < -0.3 is 5.32 Å². The molecular formula is C18H18FN3O3S. The highest BCUT2D eigenvalue weighted by Gasteiger charge is 2.12. The summed E-state index contributed by atoms with van der Waals surface area (Å²) in [7, 11) is 0. The lowest BCUT2D eigenvalue weighted by molar-refractivity contribution is -0.119. The molecule has 2 aromatic rings. The molecule has 3 N–H and O–H groups in total. The fourth-order valence-corrected chi connectivity index (χ4v) is 2.56. The van der Waals surface area contributed by atoms with Crippen molar-refractivity contribution in [3.8, 4) is 0 Å². The van der Waals surface area contributed by atoms with Crippen LogP contribution in [0.5, 0.6) is 0 Å². The van der Waals surface area contributed by atoms with E-state index in [1.807, 2.05) is 19.1 Å². The summed E-state index contributed by atoms with van der Waals surface area (Å²) < 4.78 is 13.4. The number of aryl methyl sites for hydroxylation is 1. The van der Waals surface area contributed by atoms with Gasteiger partial charge in [0.05, 0.1) is 17.1 Å². The first-order valence-corrected chi connectivity index (χ1v) is 8.89. The van der Waals surface area contributed by atoms with Gasteiger partial charge in [0.2, 0.25) is 11.8 Å². The largest absolute Gasteiger partial charge is 0.325 e. The van der Waals surface area contributed by atoms with E-state index < -0.39 is 17.6 Å². The lowest BCUT2D eigenvalue weighted by Crippen LogP contribution is -2.42. The van der Waals surface area contributed by atoms with Crippen LogP contribution in [-0.2, 0) is 9.59 Å². The van der Waals surface area contributed by atoms with Crippen molar-refractivity contribution in [1.29, 1.82) is 0 Å². The van der Waals surface area contributed by atoms with Gasteiger partial charge >= 0.3 is 0 Å². The van der Waals surface area contributed by atoms with Crippen molar-refractivity contribution in [2.24, 2.45) is 0 Å². The summed E-state index contributed by atoms with van der Waals surface area (Å²) in [6.45, 7) is 1.95. The Hall–Kier alpha value is -2.87. The van der Waals surface area contributed by atoms with Crippen LogP contribution < -0.4 is 16.2 Å². The molecule has 3 amide bonds. The quantitative estimate of drug-likeness (QED) is 0.676. The van der Waals surface area contributed by atoms with Crippen molar-refractivity contribution in [3.05, 3.63) is 65.5 Å². The molecule has 0 saturated carbocycles. The van der Waals surface area contributed by atoms with Crippen molar-refractivity contribution < 1.29 is 18.8 Å². The average molecular weight is 375 g/mol. The Morgan fingerprint density at radius 2 is 1.58 bits per heavy atom. The van der Waals surface area contributed by atoms with Gasteiger partial charge in [0.15, 0.2) is 0 Å². The standard InChI is InChI=1S/C18H18FN3O3S/c1-12-6-8-13(9-7-12)20-16(23)10-26-11-17(24)21-22-18(25)14-4-2-3-5-15(14)19/h2-9H,10-11H2,1H3,(H,20,23)(H,21,24)(H,22,25). The number of amides is 3. The summed E-state index contributed by atoms with van der Waals surface area (Å²) in [5.41, 5.74) is 5.91. The maximum Gasteiger partial charge on any atom is 0.272 e. The molecule has 0 aromatic heterocycles.